The van der Waals surface area contributed by atoms with Gasteiger partial charge in [-0.25, -0.2) is 0 Å². The standard InChI is InChI=1S/C17H24N2OS/c1-17(2)10-4-3-7-15(17)16(20)19-12-14-9-8-13(21-14)6-5-11-18/h8-9,15H,3-4,7,10-12,18H2,1-2H3,(H,19,20). The van der Waals surface area contributed by atoms with Gasteiger partial charge in [0.1, 0.15) is 0 Å². The molecule has 1 aliphatic carbocycles. The Bertz CT molecular complexity index is 551. The van der Waals surface area contributed by atoms with Crippen molar-refractivity contribution in [3.8, 4) is 11.8 Å². The normalized spacial score (nSPS) is 20.4. The van der Waals surface area contributed by atoms with Crippen molar-refractivity contribution in [1.29, 1.82) is 0 Å². The van der Waals surface area contributed by atoms with Crippen molar-refractivity contribution in [2.75, 3.05) is 6.54 Å². The molecule has 0 aromatic carbocycles. The average Bonchev–Trinajstić information content (AvgIpc) is 2.90. The molecule has 1 amide bonds. The maximum Gasteiger partial charge on any atom is 0.223 e. The molecule has 1 saturated carbocycles. The molecule has 1 fully saturated rings. The molecule has 0 radical (unpaired) electrons. The second kappa shape index (κ2) is 7.11. The zero-order valence-electron chi connectivity index (χ0n) is 12.9. The lowest BCUT2D eigenvalue weighted by molar-refractivity contribution is -0.130. The first-order valence-corrected chi connectivity index (χ1v) is 8.40. The van der Waals surface area contributed by atoms with Gasteiger partial charge in [-0.2, -0.15) is 0 Å². The lowest BCUT2D eigenvalue weighted by atomic mass is 9.68. The zero-order chi connectivity index (χ0) is 15.3. The molecule has 1 aromatic rings. The summed E-state index contributed by atoms with van der Waals surface area (Å²) in [7, 11) is 0. The van der Waals surface area contributed by atoms with Crippen LogP contribution in [0.1, 0.15) is 49.3 Å². The van der Waals surface area contributed by atoms with E-state index in [9.17, 15) is 4.79 Å². The van der Waals surface area contributed by atoms with Gasteiger partial charge >= 0.3 is 0 Å². The first-order chi connectivity index (χ1) is 10.0. The smallest absolute Gasteiger partial charge is 0.223 e. The van der Waals surface area contributed by atoms with Gasteiger partial charge < -0.3 is 11.1 Å². The molecule has 3 N–H and O–H groups in total. The van der Waals surface area contributed by atoms with Gasteiger partial charge in [0.15, 0.2) is 0 Å². The minimum atomic E-state index is 0.121. The lowest BCUT2D eigenvalue weighted by Gasteiger charge is -2.37. The summed E-state index contributed by atoms with van der Waals surface area (Å²) in [6.45, 7) is 5.39. The molecule has 21 heavy (non-hydrogen) atoms. The molecule has 0 saturated heterocycles. The third kappa shape index (κ3) is 4.33. The number of carbonyl (C=O) groups excluding carboxylic acids is 1. The van der Waals surface area contributed by atoms with Gasteiger partial charge in [-0.3, -0.25) is 4.79 Å². The maximum absolute atomic E-state index is 12.4. The molecule has 0 bridgehead atoms. The van der Waals surface area contributed by atoms with Gasteiger partial charge in [-0.05, 0) is 30.4 Å². The first-order valence-electron chi connectivity index (χ1n) is 7.58. The van der Waals surface area contributed by atoms with Crippen molar-refractivity contribution >= 4 is 17.2 Å². The van der Waals surface area contributed by atoms with E-state index in [0.717, 1.165) is 22.6 Å². The molecule has 1 aliphatic rings. The summed E-state index contributed by atoms with van der Waals surface area (Å²) >= 11 is 1.62. The first kappa shape index (κ1) is 16.1. The Labute approximate surface area is 131 Å². The van der Waals surface area contributed by atoms with Gasteiger partial charge in [-0.1, -0.05) is 38.5 Å². The number of rotatable bonds is 3. The van der Waals surface area contributed by atoms with Crippen LogP contribution < -0.4 is 11.1 Å². The summed E-state index contributed by atoms with van der Waals surface area (Å²) in [5.41, 5.74) is 5.48. The molecule has 4 heteroatoms. The molecular weight excluding hydrogens is 280 g/mol. The van der Waals surface area contributed by atoms with Crippen molar-refractivity contribution < 1.29 is 4.79 Å². The van der Waals surface area contributed by atoms with Crippen LogP contribution in [0.15, 0.2) is 12.1 Å². The largest absolute Gasteiger partial charge is 0.351 e. The molecule has 3 nitrogen and oxygen atoms in total. The number of nitrogens with two attached hydrogens (primary N) is 1. The fraction of sp³-hybridized carbons (Fsp3) is 0.588. The fourth-order valence-electron chi connectivity index (χ4n) is 2.96. The van der Waals surface area contributed by atoms with E-state index in [2.05, 4.69) is 31.0 Å². The van der Waals surface area contributed by atoms with Crippen LogP contribution in [0.5, 0.6) is 0 Å². The quantitative estimate of drug-likeness (QED) is 0.844. The van der Waals surface area contributed by atoms with Crippen LogP contribution in [0.25, 0.3) is 0 Å². The van der Waals surface area contributed by atoms with E-state index >= 15 is 0 Å². The average molecular weight is 304 g/mol. The van der Waals surface area contributed by atoms with Gasteiger partial charge in [0.05, 0.1) is 18.0 Å². The number of amides is 1. The molecule has 1 heterocycles. The van der Waals surface area contributed by atoms with Crippen LogP contribution in [0, 0.1) is 23.2 Å². The molecule has 0 spiro atoms. The van der Waals surface area contributed by atoms with E-state index in [-0.39, 0.29) is 17.2 Å². The van der Waals surface area contributed by atoms with E-state index in [1.807, 2.05) is 12.1 Å². The van der Waals surface area contributed by atoms with Crippen LogP contribution in [-0.2, 0) is 11.3 Å². The van der Waals surface area contributed by atoms with Crippen LogP contribution in [0.4, 0.5) is 0 Å². The highest BCUT2D eigenvalue weighted by Crippen LogP contribution is 2.40. The number of thiophene rings is 1. The number of hydrogen-bond acceptors (Lipinski definition) is 3. The third-order valence-electron chi connectivity index (χ3n) is 4.24. The van der Waals surface area contributed by atoms with Crippen LogP contribution in [-0.4, -0.2) is 12.5 Å². The summed E-state index contributed by atoms with van der Waals surface area (Å²) < 4.78 is 0. The van der Waals surface area contributed by atoms with Crippen molar-refractivity contribution in [1.82, 2.24) is 5.32 Å². The van der Waals surface area contributed by atoms with E-state index < -0.39 is 0 Å². The van der Waals surface area contributed by atoms with Crippen LogP contribution in [0.2, 0.25) is 0 Å². The Morgan fingerprint density at radius 3 is 3.00 bits per heavy atom. The lowest BCUT2D eigenvalue weighted by Crippen LogP contribution is -2.40. The third-order valence-corrected chi connectivity index (χ3v) is 5.24. The Balaban J connectivity index is 1.90. The Hall–Kier alpha value is -1.31. The predicted molar refractivity (Wildman–Crippen MR) is 87.8 cm³/mol. The summed E-state index contributed by atoms with van der Waals surface area (Å²) in [4.78, 5) is 14.6. The topological polar surface area (TPSA) is 55.1 Å². The molecule has 1 atom stereocenters. The number of carbonyl (C=O) groups is 1. The highest BCUT2D eigenvalue weighted by molar-refractivity contribution is 7.12. The van der Waals surface area contributed by atoms with Crippen molar-refractivity contribution in [2.24, 2.45) is 17.1 Å². The monoisotopic (exact) mass is 304 g/mol. The van der Waals surface area contributed by atoms with Crippen molar-refractivity contribution in [3.63, 3.8) is 0 Å². The van der Waals surface area contributed by atoms with Crippen LogP contribution in [0.3, 0.4) is 0 Å². The van der Waals surface area contributed by atoms with Crippen LogP contribution >= 0.6 is 11.3 Å². The molecule has 0 aliphatic heterocycles. The summed E-state index contributed by atoms with van der Waals surface area (Å²) in [6, 6.07) is 4.01. The SMILES string of the molecule is CC1(C)CCCCC1C(=O)NCc1ccc(C#CCN)s1. The Morgan fingerprint density at radius 1 is 1.48 bits per heavy atom. The predicted octanol–water partition coefficient (Wildman–Crippen LogP) is 2.89. The summed E-state index contributed by atoms with van der Waals surface area (Å²) in [5, 5.41) is 3.09. The molecule has 1 aromatic heterocycles. The Morgan fingerprint density at radius 2 is 2.29 bits per heavy atom. The zero-order valence-corrected chi connectivity index (χ0v) is 13.7. The highest BCUT2D eigenvalue weighted by atomic mass is 32.1. The number of nitrogens with one attached hydrogen (secondary N) is 1. The highest BCUT2D eigenvalue weighted by Gasteiger charge is 2.36. The maximum atomic E-state index is 12.4. The molecule has 1 unspecified atom stereocenters. The van der Waals surface area contributed by atoms with Gasteiger partial charge in [-0.15, -0.1) is 11.3 Å². The molecule has 2 rings (SSSR count). The van der Waals surface area contributed by atoms with Gasteiger partial charge in [0, 0.05) is 10.8 Å². The van der Waals surface area contributed by atoms with E-state index in [1.165, 1.54) is 12.8 Å². The van der Waals surface area contributed by atoms with E-state index in [1.54, 1.807) is 11.3 Å². The van der Waals surface area contributed by atoms with Crippen molar-refractivity contribution in [3.05, 3.63) is 21.9 Å². The van der Waals surface area contributed by atoms with Crippen molar-refractivity contribution in [2.45, 2.75) is 46.1 Å². The molecular formula is C17H24N2OS. The van der Waals surface area contributed by atoms with Gasteiger partial charge in [0.25, 0.3) is 0 Å². The second-order valence-electron chi connectivity index (χ2n) is 6.28. The van der Waals surface area contributed by atoms with E-state index in [0.29, 0.717) is 13.1 Å². The fourth-order valence-corrected chi connectivity index (χ4v) is 3.78. The Kier molecular flexibility index (Phi) is 5.44. The van der Waals surface area contributed by atoms with E-state index in [4.69, 9.17) is 5.73 Å². The minimum Gasteiger partial charge on any atom is -0.351 e. The molecule has 114 valence electrons. The van der Waals surface area contributed by atoms with Gasteiger partial charge in [0.2, 0.25) is 5.91 Å². The number of hydrogen-bond donors (Lipinski definition) is 2. The summed E-state index contributed by atoms with van der Waals surface area (Å²) in [5.74, 6) is 6.20. The summed E-state index contributed by atoms with van der Waals surface area (Å²) in [6.07, 6.45) is 4.56. The minimum absolute atomic E-state index is 0.121. The second-order valence-corrected chi connectivity index (χ2v) is 7.44.